The zero-order valence-electron chi connectivity index (χ0n) is 11.6. The molecule has 2 rings (SSSR count). The first-order valence-corrected chi connectivity index (χ1v) is 7.91. The Bertz CT molecular complexity index is 562. The summed E-state index contributed by atoms with van der Waals surface area (Å²) in [5, 5.41) is 3.45. The van der Waals surface area contributed by atoms with Gasteiger partial charge >= 0.3 is 6.01 Å². The molecule has 0 aliphatic rings. The molecule has 0 fully saturated rings. The molecule has 0 aliphatic carbocycles. The van der Waals surface area contributed by atoms with Crippen molar-refractivity contribution in [1.29, 1.82) is 0 Å². The van der Waals surface area contributed by atoms with Crippen LogP contribution >= 0.6 is 23.3 Å². The summed E-state index contributed by atoms with van der Waals surface area (Å²) >= 11 is 2.71. The highest BCUT2D eigenvalue weighted by molar-refractivity contribution is 8.00. The van der Waals surface area contributed by atoms with Crippen molar-refractivity contribution in [3.8, 4) is 6.01 Å². The van der Waals surface area contributed by atoms with Gasteiger partial charge in [-0.15, -0.1) is 0 Å². The van der Waals surface area contributed by atoms with E-state index in [0.717, 1.165) is 23.0 Å². The number of ether oxygens (including phenoxy) is 1. The minimum Gasteiger partial charge on any atom is -0.463 e. The van der Waals surface area contributed by atoms with Crippen molar-refractivity contribution in [3.05, 3.63) is 5.82 Å². The molecule has 9 heteroatoms. The third-order valence-corrected chi connectivity index (χ3v) is 3.85. The number of nitrogens with one attached hydrogen (secondary N) is 1. The molecule has 0 saturated carbocycles. The summed E-state index contributed by atoms with van der Waals surface area (Å²) in [6.07, 6.45) is 1.72. The summed E-state index contributed by atoms with van der Waals surface area (Å²) in [5.74, 6) is 1.32. The third kappa shape index (κ3) is 4.01. The SMILES string of the molecule is CCCOc1nc(NC)nc(Sc2nc(CC)ns2)n1. The van der Waals surface area contributed by atoms with Gasteiger partial charge in [0, 0.05) is 13.5 Å². The highest BCUT2D eigenvalue weighted by Gasteiger charge is 2.11. The van der Waals surface area contributed by atoms with Gasteiger partial charge in [-0.1, -0.05) is 13.8 Å². The lowest BCUT2D eigenvalue weighted by atomic mass is 10.5. The van der Waals surface area contributed by atoms with E-state index in [1.807, 2.05) is 13.8 Å². The maximum absolute atomic E-state index is 5.45. The maximum Gasteiger partial charge on any atom is 0.322 e. The van der Waals surface area contributed by atoms with Crippen LogP contribution in [-0.2, 0) is 6.42 Å². The van der Waals surface area contributed by atoms with Gasteiger partial charge in [-0.05, 0) is 29.7 Å². The Morgan fingerprint density at radius 2 is 2.05 bits per heavy atom. The number of nitrogens with zero attached hydrogens (tertiary/aromatic N) is 5. The normalized spacial score (nSPS) is 10.6. The van der Waals surface area contributed by atoms with Crippen LogP contribution in [0.25, 0.3) is 0 Å². The van der Waals surface area contributed by atoms with Crippen molar-refractivity contribution < 1.29 is 4.74 Å². The van der Waals surface area contributed by atoms with Crippen molar-refractivity contribution in [1.82, 2.24) is 24.3 Å². The van der Waals surface area contributed by atoms with E-state index in [2.05, 4.69) is 29.6 Å². The molecule has 2 heterocycles. The Kier molecular flexibility index (Phi) is 5.48. The molecule has 0 spiro atoms. The Hall–Kier alpha value is -1.48. The lowest BCUT2D eigenvalue weighted by Crippen LogP contribution is -2.05. The van der Waals surface area contributed by atoms with Crippen LogP contribution in [0.5, 0.6) is 6.01 Å². The standard InChI is InChI=1S/C11H16N6OS2/c1-4-6-18-9-14-8(12-3)15-10(16-9)19-11-13-7(5-2)17-20-11/h4-6H2,1-3H3,(H,12,14,15,16). The summed E-state index contributed by atoms with van der Waals surface area (Å²) in [6.45, 7) is 4.63. The Morgan fingerprint density at radius 3 is 2.70 bits per heavy atom. The minimum atomic E-state index is 0.328. The van der Waals surface area contributed by atoms with Gasteiger partial charge < -0.3 is 10.1 Å². The molecule has 20 heavy (non-hydrogen) atoms. The molecule has 1 N–H and O–H groups in total. The summed E-state index contributed by atoms with van der Waals surface area (Å²) in [4.78, 5) is 17.1. The quantitative estimate of drug-likeness (QED) is 0.833. The molecule has 0 aliphatic heterocycles. The van der Waals surface area contributed by atoms with Crippen LogP contribution in [0, 0.1) is 0 Å². The second-order valence-electron chi connectivity index (χ2n) is 3.75. The number of hydrogen-bond donors (Lipinski definition) is 1. The summed E-state index contributed by atoms with van der Waals surface area (Å²) in [6, 6.07) is 0.328. The molecule has 0 aromatic carbocycles. The first kappa shape index (κ1) is 14.9. The van der Waals surface area contributed by atoms with E-state index < -0.39 is 0 Å². The van der Waals surface area contributed by atoms with Crippen LogP contribution < -0.4 is 10.1 Å². The zero-order chi connectivity index (χ0) is 14.4. The molecule has 2 aromatic heterocycles. The molecule has 0 radical (unpaired) electrons. The van der Waals surface area contributed by atoms with Crippen LogP contribution in [-0.4, -0.2) is 38.0 Å². The first-order chi connectivity index (χ1) is 9.75. The molecule has 0 atom stereocenters. The van der Waals surface area contributed by atoms with E-state index in [0.29, 0.717) is 23.7 Å². The maximum atomic E-state index is 5.45. The van der Waals surface area contributed by atoms with Crippen LogP contribution in [0.3, 0.4) is 0 Å². The van der Waals surface area contributed by atoms with Gasteiger partial charge in [0.2, 0.25) is 11.1 Å². The van der Waals surface area contributed by atoms with Gasteiger partial charge in [-0.2, -0.15) is 19.3 Å². The number of rotatable bonds is 7. The number of hydrogen-bond acceptors (Lipinski definition) is 9. The molecule has 0 bridgehead atoms. The van der Waals surface area contributed by atoms with Gasteiger partial charge in [0.25, 0.3) is 0 Å². The lowest BCUT2D eigenvalue weighted by Gasteiger charge is -2.05. The van der Waals surface area contributed by atoms with E-state index in [-0.39, 0.29) is 0 Å². The van der Waals surface area contributed by atoms with Gasteiger partial charge in [0.1, 0.15) is 5.82 Å². The predicted molar refractivity (Wildman–Crippen MR) is 78.6 cm³/mol. The van der Waals surface area contributed by atoms with Crippen molar-refractivity contribution in [2.24, 2.45) is 0 Å². The topological polar surface area (TPSA) is 85.7 Å². The van der Waals surface area contributed by atoms with Gasteiger partial charge in [-0.25, -0.2) is 4.98 Å². The number of aromatic nitrogens is 5. The van der Waals surface area contributed by atoms with Gasteiger partial charge in [-0.3, -0.25) is 0 Å². The largest absolute Gasteiger partial charge is 0.463 e. The molecule has 108 valence electrons. The number of aryl methyl sites for hydroxylation is 1. The van der Waals surface area contributed by atoms with Gasteiger partial charge in [0.15, 0.2) is 4.34 Å². The van der Waals surface area contributed by atoms with Crippen molar-refractivity contribution in [2.75, 3.05) is 19.0 Å². The fourth-order valence-electron chi connectivity index (χ4n) is 1.25. The summed E-state index contributed by atoms with van der Waals surface area (Å²) in [5.41, 5.74) is 0. The molecule has 2 aromatic rings. The summed E-state index contributed by atoms with van der Waals surface area (Å²) < 4.78 is 10.5. The molecule has 7 nitrogen and oxygen atoms in total. The predicted octanol–water partition coefficient (Wildman–Crippen LogP) is 2.27. The van der Waals surface area contributed by atoms with Crippen molar-refractivity contribution in [2.45, 2.75) is 36.2 Å². The van der Waals surface area contributed by atoms with Crippen molar-refractivity contribution >= 4 is 29.2 Å². The Morgan fingerprint density at radius 1 is 1.20 bits per heavy atom. The molecule has 0 amide bonds. The highest BCUT2D eigenvalue weighted by Crippen LogP contribution is 2.27. The zero-order valence-corrected chi connectivity index (χ0v) is 13.2. The van der Waals surface area contributed by atoms with Crippen LogP contribution in [0.1, 0.15) is 26.1 Å². The molecular formula is C11H16N6OS2. The van der Waals surface area contributed by atoms with E-state index >= 15 is 0 Å². The van der Waals surface area contributed by atoms with Gasteiger partial charge in [0.05, 0.1) is 6.61 Å². The third-order valence-electron chi connectivity index (χ3n) is 2.20. The smallest absolute Gasteiger partial charge is 0.322 e. The second kappa shape index (κ2) is 7.34. The van der Waals surface area contributed by atoms with Crippen LogP contribution in [0.15, 0.2) is 9.50 Å². The lowest BCUT2D eigenvalue weighted by molar-refractivity contribution is 0.288. The monoisotopic (exact) mass is 312 g/mol. The van der Waals surface area contributed by atoms with Crippen LogP contribution in [0.4, 0.5) is 5.95 Å². The molecule has 0 unspecified atom stereocenters. The average molecular weight is 312 g/mol. The van der Waals surface area contributed by atoms with E-state index in [4.69, 9.17) is 4.74 Å². The van der Waals surface area contributed by atoms with Crippen molar-refractivity contribution in [3.63, 3.8) is 0 Å². The highest BCUT2D eigenvalue weighted by atomic mass is 32.2. The molecular weight excluding hydrogens is 296 g/mol. The summed E-state index contributed by atoms with van der Waals surface area (Å²) in [7, 11) is 1.76. The first-order valence-electron chi connectivity index (χ1n) is 6.32. The Balaban J connectivity index is 2.16. The van der Waals surface area contributed by atoms with E-state index in [1.54, 1.807) is 7.05 Å². The Labute approximate surface area is 125 Å². The van der Waals surface area contributed by atoms with Crippen LogP contribution in [0.2, 0.25) is 0 Å². The molecule has 0 saturated heterocycles. The fraction of sp³-hybridized carbons (Fsp3) is 0.545. The fourth-order valence-corrected chi connectivity index (χ4v) is 2.80. The minimum absolute atomic E-state index is 0.328. The number of anilines is 1. The second-order valence-corrected chi connectivity index (χ2v) is 5.72. The van der Waals surface area contributed by atoms with E-state index in [9.17, 15) is 0 Å². The van der Waals surface area contributed by atoms with E-state index in [1.165, 1.54) is 23.3 Å². The average Bonchev–Trinajstić information content (AvgIpc) is 2.92.